The van der Waals surface area contributed by atoms with Gasteiger partial charge in [-0.3, -0.25) is 0 Å². The molecule has 112 valence electrons. The van der Waals surface area contributed by atoms with E-state index in [9.17, 15) is 8.42 Å². The molecule has 1 aromatic carbocycles. The van der Waals surface area contributed by atoms with Crippen LogP contribution in [-0.4, -0.2) is 27.2 Å². The Balaban J connectivity index is 1.72. The number of hydrogen-bond acceptors (Lipinski definition) is 4. The Labute approximate surface area is 125 Å². The minimum absolute atomic E-state index is 0.0256. The highest BCUT2D eigenvalue weighted by molar-refractivity contribution is 7.89. The molecule has 2 aliphatic rings. The molecule has 1 saturated carbocycles. The summed E-state index contributed by atoms with van der Waals surface area (Å²) in [5.41, 5.74) is 0.816. The SMILES string of the molecule is N#CCc1ccc(S(=O)(=O)NC2CCOC2C2CC2)cc1. The van der Waals surface area contributed by atoms with Crippen molar-refractivity contribution in [2.45, 2.75) is 42.7 Å². The number of nitrogens with one attached hydrogen (secondary N) is 1. The van der Waals surface area contributed by atoms with Gasteiger partial charge in [-0.2, -0.15) is 5.26 Å². The Kier molecular flexibility index (Phi) is 3.98. The minimum atomic E-state index is -3.53. The first-order chi connectivity index (χ1) is 10.1. The van der Waals surface area contributed by atoms with E-state index in [1.165, 1.54) is 0 Å². The van der Waals surface area contributed by atoms with Crippen molar-refractivity contribution >= 4 is 10.0 Å². The maximum Gasteiger partial charge on any atom is 0.240 e. The fraction of sp³-hybridized carbons (Fsp3) is 0.533. The molecule has 1 N–H and O–H groups in total. The van der Waals surface area contributed by atoms with Gasteiger partial charge in [-0.15, -0.1) is 0 Å². The lowest BCUT2D eigenvalue weighted by atomic mass is 10.1. The minimum Gasteiger partial charge on any atom is -0.376 e. The van der Waals surface area contributed by atoms with Crippen molar-refractivity contribution in [2.75, 3.05) is 6.61 Å². The Morgan fingerprint density at radius 3 is 2.57 bits per heavy atom. The average Bonchev–Trinajstić information content (AvgIpc) is 3.20. The van der Waals surface area contributed by atoms with Crippen molar-refractivity contribution in [1.82, 2.24) is 4.72 Å². The average molecular weight is 306 g/mol. The zero-order chi connectivity index (χ0) is 14.9. The number of sulfonamides is 1. The number of hydrogen-bond donors (Lipinski definition) is 1. The maximum atomic E-state index is 12.4. The summed E-state index contributed by atoms with van der Waals surface area (Å²) in [5, 5.41) is 8.63. The zero-order valence-electron chi connectivity index (χ0n) is 11.7. The molecule has 1 saturated heterocycles. The molecule has 0 radical (unpaired) electrons. The number of nitrogens with zero attached hydrogens (tertiary/aromatic N) is 1. The van der Waals surface area contributed by atoms with Crippen LogP contribution in [0.1, 0.15) is 24.8 Å². The lowest BCUT2D eigenvalue weighted by Crippen LogP contribution is -2.41. The van der Waals surface area contributed by atoms with Crippen LogP contribution in [0.2, 0.25) is 0 Å². The fourth-order valence-corrected chi connectivity index (χ4v) is 4.05. The summed E-state index contributed by atoms with van der Waals surface area (Å²) in [6.07, 6.45) is 3.30. The molecular formula is C15H18N2O3S. The van der Waals surface area contributed by atoms with E-state index in [1.54, 1.807) is 24.3 Å². The van der Waals surface area contributed by atoms with Crippen LogP contribution in [0.25, 0.3) is 0 Å². The summed E-state index contributed by atoms with van der Waals surface area (Å²) in [5.74, 6) is 0.512. The van der Waals surface area contributed by atoms with Crippen LogP contribution in [-0.2, 0) is 21.2 Å². The van der Waals surface area contributed by atoms with Crippen molar-refractivity contribution in [2.24, 2.45) is 5.92 Å². The third-order valence-electron chi connectivity index (χ3n) is 4.05. The predicted octanol–water partition coefficient (Wildman–Crippen LogP) is 1.60. The molecule has 1 aliphatic carbocycles. The molecule has 1 heterocycles. The second-order valence-electron chi connectivity index (χ2n) is 5.67. The first kappa shape index (κ1) is 14.5. The quantitative estimate of drug-likeness (QED) is 0.896. The summed E-state index contributed by atoms with van der Waals surface area (Å²) in [4.78, 5) is 0.241. The molecule has 5 nitrogen and oxygen atoms in total. The standard InChI is InChI=1S/C15H18N2O3S/c16-9-7-11-1-5-13(6-2-11)21(18,19)17-14-8-10-20-15(14)12-3-4-12/h1-2,5-6,12,14-15,17H,3-4,7-8,10H2. The molecule has 2 unspecified atom stereocenters. The van der Waals surface area contributed by atoms with Crippen LogP contribution in [0.4, 0.5) is 0 Å². The predicted molar refractivity (Wildman–Crippen MR) is 76.9 cm³/mol. The van der Waals surface area contributed by atoms with E-state index in [1.807, 2.05) is 6.07 Å². The van der Waals surface area contributed by atoms with Gasteiger partial charge in [0.1, 0.15) is 0 Å². The Morgan fingerprint density at radius 1 is 1.24 bits per heavy atom. The summed E-state index contributed by atoms with van der Waals surface area (Å²) < 4.78 is 33.3. The van der Waals surface area contributed by atoms with Gasteiger partial charge >= 0.3 is 0 Å². The van der Waals surface area contributed by atoms with E-state index in [4.69, 9.17) is 10.00 Å². The monoisotopic (exact) mass is 306 g/mol. The summed E-state index contributed by atoms with van der Waals surface area (Å²) in [7, 11) is -3.53. The molecule has 0 bridgehead atoms. The van der Waals surface area contributed by atoms with Crippen molar-refractivity contribution in [3.05, 3.63) is 29.8 Å². The van der Waals surface area contributed by atoms with Gasteiger partial charge in [0.15, 0.2) is 0 Å². The van der Waals surface area contributed by atoms with Gasteiger partial charge in [0.2, 0.25) is 10.0 Å². The van der Waals surface area contributed by atoms with Crippen LogP contribution in [0.15, 0.2) is 29.2 Å². The summed E-state index contributed by atoms with van der Waals surface area (Å²) in [6, 6.07) is 8.39. The van der Waals surface area contributed by atoms with Crippen LogP contribution in [0.5, 0.6) is 0 Å². The highest BCUT2D eigenvalue weighted by Gasteiger charge is 2.42. The third-order valence-corrected chi connectivity index (χ3v) is 5.55. The van der Waals surface area contributed by atoms with Gasteiger partial charge in [0.25, 0.3) is 0 Å². The van der Waals surface area contributed by atoms with Gasteiger partial charge in [-0.05, 0) is 42.9 Å². The first-order valence-electron chi connectivity index (χ1n) is 7.20. The molecule has 0 aromatic heterocycles. The van der Waals surface area contributed by atoms with Crippen molar-refractivity contribution in [3.63, 3.8) is 0 Å². The fourth-order valence-electron chi connectivity index (χ4n) is 2.77. The van der Waals surface area contributed by atoms with Crippen LogP contribution < -0.4 is 4.72 Å². The number of nitriles is 1. The van der Waals surface area contributed by atoms with E-state index in [0.29, 0.717) is 12.5 Å². The molecule has 6 heteroatoms. The van der Waals surface area contributed by atoms with Gasteiger partial charge in [-0.1, -0.05) is 12.1 Å². The highest BCUT2D eigenvalue weighted by Crippen LogP contribution is 2.39. The summed E-state index contributed by atoms with van der Waals surface area (Å²) in [6.45, 7) is 0.620. The molecule has 1 aromatic rings. The lowest BCUT2D eigenvalue weighted by Gasteiger charge is -2.19. The molecule has 21 heavy (non-hydrogen) atoms. The number of rotatable bonds is 5. The van der Waals surface area contributed by atoms with Crippen LogP contribution in [0, 0.1) is 17.2 Å². The van der Waals surface area contributed by atoms with E-state index < -0.39 is 10.0 Å². The largest absolute Gasteiger partial charge is 0.376 e. The molecule has 0 spiro atoms. The van der Waals surface area contributed by atoms with Crippen molar-refractivity contribution < 1.29 is 13.2 Å². The normalized spacial score (nSPS) is 25.7. The number of benzene rings is 1. The van der Waals surface area contributed by atoms with Gasteiger partial charge in [-0.25, -0.2) is 13.1 Å². The van der Waals surface area contributed by atoms with Crippen molar-refractivity contribution in [1.29, 1.82) is 5.26 Å². The van der Waals surface area contributed by atoms with E-state index in [2.05, 4.69) is 4.72 Å². The second-order valence-corrected chi connectivity index (χ2v) is 7.38. The van der Waals surface area contributed by atoms with E-state index >= 15 is 0 Å². The zero-order valence-corrected chi connectivity index (χ0v) is 12.5. The van der Waals surface area contributed by atoms with Gasteiger partial charge in [0, 0.05) is 6.61 Å². The van der Waals surface area contributed by atoms with Gasteiger partial charge in [0.05, 0.1) is 29.5 Å². The molecule has 2 atom stereocenters. The second kappa shape index (κ2) is 5.76. The Hall–Kier alpha value is -1.42. The topological polar surface area (TPSA) is 79.2 Å². The highest BCUT2D eigenvalue weighted by atomic mass is 32.2. The smallest absolute Gasteiger partial charge is 0.240 e. The van der Waals surface area contributed by atoms with Crippen LogP contribution >= 0.6 is 0 Å². The van der Waals surface area contributed by atoms with E-state index in [-0.39, 0.29) is 23.5 Å². The number of ether oxygens (including phenoxy) is 1. The Bertz CT molecular complexity index is 644. The lowest BCUT2D eigenvalue weighted by molar-refractivity contribution is 0.0848. The molecule has 1 aliphatic heterocycles. The Morgan fingerprint density at radius 2 is 1.95 bits per heavy atom. The van der Waals surface area contributed by atoms with E-state index in [0.717, 1.165) is 24.8 Å². The van der Waals surface area contributed by atoms with Crippen molar-refractivity contribution in [3.8, 4) is 6.07 Å². The van der Waals surface area contributed by atoms with Gasteiger partial charge < -0.3 is 4.74 Å². The first-order valence-corrected chi connectivity index (χ1v) is 8.68. The molecule has 2 fully saturated rings. The molecular weight excluding hydrogens is 288 g/mol. The molecule has 3 rings (SSSR count). The molecule has 0 amide bonds. The maximum absolute atomic E-state index is 12.4. The third kappa shape index (κ3) is 3.26. The summed E-state index contributed by atoms with van der Waals surface area (Å²) >= 11 is 0. The van der Waals surface area contributed by atoms with Crippen LogP contribution in [0.3, 0.4) is 0 Å².